The molecule has 2 N–H and O–H groups in total. The first kappa shape index (κ1) is 15.9. The summed E-state index contributed by atoms with van der Waals surface area (Å²) in [4.78, 5) is 33.5. The van der Waals surface area contributed by atoms with Gasteiger partial charge in [-0.05, 0) is 6.07 Å². The number of anilines is 1. The molecule has 0 bridgehead atoms. The molecule has 0 fully saturated rings. The lowest BCUT2D eigenvalue weighted by atomic mass is 10.2. The van der Waals surface area contributed by atoms with Gasteiger partial charge in [0.15, 0.2) is 0 Å². The van der Waals surface area contributed by atoms with Crippen molar-refractivity contribution in [2.75, 3.05) is 12.4 Å². The molecule has 0 saturated carbocycles. The Morgan fingerprint density at radius 1 is 1.43 bits per heavy atom. The average molecular weight is 320 g/mol. The van der Waals surface area contributed by atoms with E-state index < -0.39 is 16.8 Å². The summed E-state index contributed by atoms with van der Waals surface area (Å²) in [5.74, 6) is -1.94. The van der Waals surface area contributed by atoms with Gasteiger partial charge in [-0.1, -0.05) is 0 Å². The molecule has 1 aromatic carbocycles. The van der Waals surface area contributed by atoms with Crippen LogP contribution in [-0.4, -0.2) is 38.8 Å². The van der Waals surface area contributed by atoms with E-state index in [9.17, 15) is 19.7 Å². The number of aromatic nitrogens is 2. The number of methoxy groups -OCH3 is 1. The number of nitro groups is 1. The van der Waals surface area contributed by atoms with Gasteiger partial charge in [-0.3, -0.25) is 19.6 Å². The van der Waals surface area contributed by atoms with Crippen molar-refractivity contribution in [3.8, 4) is 5.75 Å². The highest BCUT2D eigenvalue weighted by Gasteiger charge is 2.23. The number of amides is 1. The molecule has 0 saturated heterocycles. The molecular weight excluding hydrogens is 308 g/mol. The predicted molar refractivity (Wildman–Crippen MR) is 77.8 cm³/mol. The van der Waals surface area contributed by atoms with Crippen LogP contribution in [0, 0.1) is 10.1 Å². The van der Waals surface area contributed by atoms with E-state index in [1.54, 1.807) is 0 Å². The maximum absolute atomic E-state index is 12.3. The van der Waals surface area contributed by atoms with Gasteiger partial charge in [0.2, 0.25) is 0 Å². The van der Waals surface area contributed by atoms with Crippen molar-refractivity contribution in [2.45, 2.75) is 0 Å². The van der Waals surface area contributed by atoms with Gasteiger partial charge in [-0.2, -0.15) is 5.10 Å². The second-order valence-electron chi connectivity index (χ2n) is 4.43. The summed E-state index contributed by atoms with van der Waals surface area (Å²) < 4.78 is 6.13. The fourth-order valence-electron chi connectivity index (χ4n) is 1.94. The molecule has 0 aliphatic carbocycles. The SMILES string of the molecule is COc1cc([N+](=O)[O-])ccc1NC(=O)c1c(C(=O)O)cnn1C. The van der Waals surface area contributed by atoms with Gasteiger partial charge in [0.25, 0.3) is 11.6 Å². The lowest BCUT2D eigenvalue weighted by molar-refractivity contribution is -0.384. The number of non-ortho nitro benzene ring substituents is 1. The molecular formula is C13H12N4O6. The lowest BCUT2D eigenvalue weighted by Gasteiger charge is -2.10. The van der Waals surface area contributed by atoms with E-state index in [0.717, 1.165) is 16.9 Å². The van der Waals surface area contributed by atoms with Gasteiger partial charge in [0.1, 0.15) is 17.0 Å². The van der Waals surface area contributed by atoms with Gasteiger partial charge in [0, 0.05) is 13.1 Å². The first-order valence-electron chi connectivity index (χ1n) is 6.24. The molecule has 2 rings (SSSR count). The monoisotopic (exact) mass is 320 g/mol. The first-order chi connectivity index (χ1) is 10.8. The molecule has 1 amide bonds. The van der Waals surface area contributed by atoms with Gasteiger partial charge in [-0.25, -0.2) is 4.79 Å². The number of carboxylic acid groups (broad SMARTS) is 1. The van der Waals surface area contributed by atoms with Crippen LogP contribution in [0.25, 0.3) is 0 Å². The fraction of sp³-hybridized carbons (Fsp3) is 0.154. The Labute approximate surface area is 129 Å². The van der Waals surface area contributed by atoms with E-state index in [4.69, 9.17) is 9.84 Å². The maximum Gasteiger partial charge on any atom is 0.339 e. The molecule has 0 aliphatic heterocycles. The zero-order chi connectivity index (χ0) is 17.1. The topological polar surface area (TPSA) is 137 Å². The Bertz CT molecular complexity index is 798. The van der Waals surface area contributed by atoms with Crippen LogP contribution in [0.15, 0.2) is 24.4 Å². The van der Waals surface area contributed by atoms with Crippen molar-refractivity contribution < 1.29 is 24.4 Å². The third-order valence-corrected chi connectivity index (χ3v) is 3.03. The Balaban J connectivity index is 2.36. The zero-order valence-electron chi connectivity index (χ0n) is 12.1. The van der Waals surface area contributed by atoms with Crippen LogP contribution in [0.3, 0.4) is 0 Å². The Kier molecular flexibility index (Phi) is 4.25. The lowest BCUT2D eigenvalue weighted by Crippen LogP contribution is -2.19. The van der Waals surface area contributed by atoms with Crippen LogP contribution in [0.2, 0.25) is 0 Å². The van der Waals surface area contributed by atoms with Crippen LogP contribution in [0.1, 0.15) is 20.8 Å². The number of aromatic carboxylic acids is 1. The molecule has 0 radical (unpaired) electrons. The molecule has 1 heterocycles. The standard InChI is InChI=1S/C13H12N4O6/c1-16-11(8(6-14-16)13(19)20)12(18)15-9-4-3-7(17(21)22)5-10(9)23-2/h3-6H,1-2H3,(H,15,18)(H,19,20). The summed E-state index contributed by atoms with van der Waals surface area (Å²) in [6.45, 7) is 0. The molecule has 120 valence electrons. The first-order valence-corrected chi connectivity index (χ1v) is 6.24. The number of ether oxygens (including phenoxy) is 1. The summed E-state index contributed by atoms with van der Waals surface area (Å²) in [7, 11) is 2.72. The Morgan fingerprint density at radius 3 is 2.70 bits per heavy atom. The van der Waals surface area contributed by atoms with Crippen molar-refractivity contribution in [3.05, 3.63) is 45.8 Å². The summed E-state index contributed by atoms with van der Waals surface area (Å²) in [6, 6.07) is 3.64. The zero-order valence-corrected chi connectivity index (χ0v) is 12.1. The van der Waals surface area contributed by atoms with Crippen molar-refractivity contribution in [3.63, 3.8) is 0 Å². The quantitative estimate of drug-likeness (QED) is 0.625. The summed E-state index contributed by atoms with van der Waals surface area (Å²) in [6.07, 6.45) is 1.06. The van der Waals surface area contributed by atoms with Crippen molar-refractivity contribution >= 4 is 23.3 Å². The molecule has 0 spiro atoms. The number of carbonyl (C=O) groups excluding carboxylic acids is 1. The molecule has 0 unspecified atom stereocenters. The Morgan fingerprint density at radius 2 is 2.13 bits per heavy atom. The molecule has 2 aromatic rings. The normalized spacial score (nSPS) is 10.2. The number of rotatable bonds is 5. The Hall–Kier alpha value is -3.43. The number of nitro benzene ring substituents is 1. The van der Waals surface area contributed by atoms with Gasteiger partial charge < -0.3 is 15.2 Å². The van der Waals surface area contributed by atoms with Crippen LogP contribution in [-0.2, 0) is 7.05 Å². The second kappa shape index (κ2) is 6.13. The van der Waals surface area contributed by atoms with E-state index in [-0.39, 0.29) is 28.4 Å². The van der Waals surface area contributed by atoms with Gasteiger partial charge in [-0.15, -0.1) is 0 Å². The van der Waals surface area contributed by atoms with Crippen LogP contribution in [0.5, 0.6) is 5.75 Å². The number of carboxylic acids is 1. The molecule has 10 heteroatoms. The number of nitrogens with zero attached hydrogens (tertiary/aromatic N) is 3. The average Bonchev–Trinajstić information content (AvgIpc) is 2.89. The van der Waals surface area contributed by atoms with E-state index >= 15 is 0 Å². The molecule has 1 aromatic heterocycles. The molecule has 0 aliphatic rings. The van der Waals surface area contributed by atoms with Crippen LogP contribution < -0.4 is 10.1 Å². The number of benzene rings is 1. The molecule has 10 nitrogen and oxygen atoms in total. The third kappa shape index (κ3) is 3.10. The summed E-state index contributed by atoms with van der Waals surface area (Å²) >= 11 is 0. The van der Waals surface area contributed by atoms with Crippen LogP contribution in [0.4, 0.5) is 11.4 Å². The van der Waals surface area contributed by atoms with Crippen molar-refractivity contribution in [1.29, 1.82) is 0 Å². The minimum Gasteiger partial charge on any atom is -0.494 e. The fourth-order valence-corrected chi connectivity index (χ4v) is 1.94. The number of nitrogens with one attached hydrogen (secondary N) is 1. The van der Waals surface area contributed by atoms with E-state index in [2.05, 4.69) is 10.4 Å². The third-order valence-electron chi connectivity index (χ3n) is 3.03. The smallest absolute Gasteiger partial charge is 0.339 e. The van der Waals surface area contributed by atoms with E-state index in [1.165, 1.54) is 26.3 Å². The minimum atomic E-state index is -1.29. The summed E-state index contributed by atoms with van der Waals surface area (Å²) in [5.41, 5.74) is -0.448. The van der Waals surface area contributed by atoms with Gasteiger partial charge >= 0.3 is 5.97 Å². The molecule has 0 atom stereocenters. The van der Waals surface area contributed by atoms with E-state index in [1.807, 2.05) is 0 Å². The predicted octanol–water partition coefficient (Wildman–Crippen LogP) is 1.29. The van der Waals surface area contributed by atoms with Crippen LogP contribution >= 0.6 is 0 Å². The second-order valence-corrected chi connectivity index (χ2v) is 4.43. The van der Waals surface area contributed by atoms with E-state index in [0.29, 0.717) is 0 Å². The van der Waals surface area contributed by atoms with Crippen molar-refractivity contribution in [2.24, 2.45) is 7.05 Å². The minimum absolute atomic E-state index is 0.0755. The summed E-state index contributed by atoms with van der Waals surface area (Å²) in [5, 5.41) is 26.0. The number of hydrogen-bond donors (Lipinski definition) is 2. The maximum atomic E-state index is 12.3. The largest absolute Gasteiger partial charge is 0.494 e. The number of aryl methyl sites for hydroxylation is 1. The highest BCUT2D eigenvalue weighted by molar-refractivity contribution is 6.10. The molecule has 23 heavy (non-hydrogen) atoms. The van der Waals surface area contributed by atoms with Gasteiger partial charge in [0.05, 0.1) is 30.0 Å². The number of carbonyl (C=O) groups is 2. The highest BCUT2D eigenvalue weighted by Crippen LogP contribution is 2.29. The highest BCUT2D eigenvalue weighted by atomic mass is 16.6. The number of hydrogen-bond acceptors (Lipinski definition) is 6. The van der Waals surface area contributed by atoms with Crippen molar-refractivity contribution in [1.82, 2.24) is 9.78 Å².